The van der Waals surface area contributed by atoms with Gasteiger partial charge in [-0.2, -0.15) is 0 Å². The van der Waals surface area contributed by atoms with Crippen LogP contribution in [0.15, 0.2) is 0 Å². The first-order chi connectivity index (χ1) is 11.4. The van der Waals surface area contributed by atoms with E-state index in [1.54, 1.807) is 0 Å². The summed E-state index contributed by atoms with van der Waals surface area (Å²) in [6.45, 7) is 17.8. The zero-order valence-corrected chi connectivity index (χ0v) is 17.0. The van der Waals surface area contributed by atoms with Gasteiger partial charge in [-0.1, -0.05) is 13.3 Å². The molecule has 0 N–H and O–H groups in total. The summed E-state index contributed by atoms with van der Waals surface area (Å²) in [5, 5.41) is 0. The molecule has 0 unspecified atom stereocenters. The Labute approximate surface area is 151 Å². The van der Waals surface area contributed by atoms with Gasteiger partial charge in [-0.05, 0) is 71.6 Å². The lowest BCUT2D eigenvalue weighted by Gasteiger charge is -2.38. The van der Waals surface area contributed by atoms with Gasteiger partial charge < -0.3 is 9.64 Å². The first kappa shape index (κ1) is 20.2. The van der Waals surface area contributed by atoms with Gasteiger partial charge in [-0.3, -0.25) is 4.90 Å². The van der Waals surface area contributed by atoms with Crippen LogP contribution in [0.25, 0.3) is 0 Å². The zero-order chi connectivity index (χ0) is 17.5. The average molecular weight is 339 g/mol. The van der Waals surface area contributed by atoms with Crippen LogP contribution in [0.3, 0.4) is 0 Å². The summed E-state index contributed by atoms with van der Waals surface area (Å²) in [4.78, 5) is 5.30. The molecule has 0 amide bonds. The Hall–Kier alpha value is -0.120. The minimum Gasteiger partial charge on any atom is -0.376 e. The minimum absolute atomic E-state index is 0.391. The number of nitrogens with zero attached hydrogens (tertiary/aromatic N) is 2. The van der Waals surface area contributed by atoms with E-state index in [0.29, 0.717) is 18.2 Å². The molecule has 3 nitrogen and oxygen atoms in total. The normalized spacial score (nSPS) is 28.6. The van der Waals surface area contributed by atoms with Crippen LogP contribution in [0.2, 0.25) is 0 Å². The molecule has 2 rings (SSSR count). The van der Waals surface area contributed by atoms with E-state index in [4.69, 9.17) is 4.74 Å². The molecule has 0 spiro atoms. The second kappa shape index (κ2) is 10.1. The molecule has 0 aromatic carbocycles. The lowest BCUT2D eigenvalue weighted by Crippen LogP contribution is -2.49. The van der Waals surface area contributed by atoms with Crippen molar-refractivity contribution in [3.05, 3.63) is 0 Å². The Kier molecular flexibility index (Phi) is 8.53. The summed E-state index contributed by atoms with van der Waals surface area (Å²) in [6.07, 6.45) is 9.11. The lowest BCUT2D eigenvalue weighted by molar-refractivity contribution is -0.0206. The summed E-state index contributed by atoms with van der Waals surface area (Å²) in [5.41, 5.74) is 0. The molecule has 2 aliphatic rings. The monoisotopic (exact) mass is 338 g/mol. The fourth-order valence-corrected chi connectivity index (χ4v) is 4.46. The number of piperazine rings is 1. The fraction of sp³-hybridized carbons (Fsp3) is 1.00. The van der Waals surface area contributed by atoms with E-state index in [-0.39, 0.29) is 0 Å². The number of rotatable bonds is 8. The highest BCUT2D eigenvalue weighted by Gasteiger charge is 2.24. The first-order valence-electron chi connectivity index (χ1n) is 10.6. The molecule has 0 radical (unpaired) electrons. The van der Waals surface area contributed by atoms with Gasteiger partial charge in [-0.25, -0.2) is 0 Å². The van der Waals surface area contributed by atoms with Crippen LogP contribution in [0, 0.1) is 11.8 Å². The van der Waals surface area contributed by atoms with E-state index in [1.807, 2.05) is 0 Å². The maximum atomic E-state index is 5.98. The van der Waals surface area contributed by atoms with Crippen molar-refractivity contribution < 1.29 is 4.74 Å². The molecule has 1 aliphatic heterocycles. The van der Waals surface area contributed by atoms with Crippen molar-refractivity contribution in [2.24, 2.45) is 11.8 Å². The van der Waals surface area contributed by atoms with Gasteiger partial charge in [0.2, 0.25) is 0 Å². The number of hydrogen-bond acceptors (Lipinski definition) is 3. The Morgan fingerprint density at radius 2 is 1.50 bits per heavy atom. The maximum absolute atomic E-state index is 5.98. The van der Waals surface area contributed by atoms with E-state index in [0.717, 1.165) is 11.8 Å². The molecule has 1 saturated carbocycles. The molecule has 142 valence electrons. The third-order valence-electron chi connectivity index (χ3n) is 6.03. The van der Waals surface area contributed by atoms with Gasteiger partial charge in [0, 0.05) is 38.8 Å². The Balaban J connectivity index is 1.56. The highest BCUT2D eigenvalue weighted by Crippen LogP contribution is 2.31. The van der Waals surface area contributed by atoms with Crippen molar-refractivity contribution in [2.75, 3.05) is 32.7 Å². The SMILES string of the molecule is CC(C)O[C@H]1CC[C@H](CC[C@H](C)CN2CCN(C(C)C)CC2)CC1. The predicted molar refractivity (Wildman–Crippen MR) is 104 cm³/mol. The Morgan fingerprint density at radius 3 is 2.04 bits per heavy atom. The standard InChI is InChI=1S/C21H42N2O/c1-17(2)23-14-12-22(13-15-23)16-19(5)6-7-20-8-10-21(11-9-20)24-18(3)4/h17-21H,6-16H2,1-5H3/t19-,20-,21-/m0/s1. The first-order valence-corrected chi connectivity index (χ1v) is 10.6. The van der Waals surface area contributed by atoms with Crippen LogP contribution in [0.1, 0.15) is 73.1 Å². The maximum Gasteiger partial charge on any atom is 0.0578 e. The van der Waals surface area contributed by atoms with Crippen molar-refractivity contribution in [2.45, 2.75) is 91.4 Å². The summed E-state index contributed by atoms with van der Waals surface area (Å²) in [7, 11) is 0. The van der Waals surface area contributed by atoms with Crippen LogP contribution in [0.4, 0.5) is 0 Å². The van der Waals surface area contributed by atoms with Crippen LogP contribution >= 0.6 is 0 Å². The Bertz CT molecular complexity index is 329. The average Bonchev–Trinajstić information content (AvgIpc) is 2.54. The van der Waals surface area contributed by atoms with Gasteiger partial charge in [0.15, 0.2) is 0 Å². The third kappa shape index (κ3) is 7.01. The number of ether oxygens (including phenoxy) is 1. The second-order valence-corrected chi connectivity index (χ2v) is 8.94. The van der Waals surface area contributed by atoms with Gasteiger partial charge in [-0.15, -0.1) is 0 Å². The molecule has 2 fully saturated rings. The van der Waals surface area contributed by atoms with E-state index < -0.39 is 0 Å². The fourth-order valence-electron chi connectivity index (χ4n) is 4.46. The Morgan fingerprint density at radius 1 is 0.875 bits per heavy atom. The van der Waals surface area contributed by atoms with Crippen molar-refractivity contribution in [3.63, 3.8) is 0 Å². The molecule has 24 heavy (non-hydrogen) atoms. The van der Waals surface area contributed by atoms with Crippen molar-refractivity contribution in [1.29, 1.82) is 0 Å². The molecule has 3 heteroatoms. The molecular weight excluding hydrogens is 296 g/mol. The summed E-state index contributed by atoms with van der Waals surface area (Å²) in [5.74, 6) is 1.80. The molecule has 0 aromatic rings. The highest BCUT2D eigenvalue weighted by atomic mass is 16.5. The molecule has 1 heterocycles. The van der Waals surface area contributed by atoms with Crippen molar-refractivity contribution >= 4 is 0 Å². The molecule has 0 bridgehead atoms. The second-order valence-electron chi connectivity index (χ2n) is 8.94. The zero-order valence-electron chi connectivity index (χ0n) is 17.0. The third-order valence-corrected chi connectivity index (χ3v) is 6.03. The lowest BCUT2D eigenvalue weighted by atomic mass is 9.83. The van der Waals surface area contributed by atoms with Gasteiger partial charge in [0.05, 0.1) is 12.2 Å². The minimum atomic E-state index is 0.391. The quantitative estimate of drug-likeness (QED) is 0.652. The van der Waals surface area contributed by atoms with Crippen molar-refractivity contribution in [1.82, 2.24) is 9.80 Å². The summed E-state index contributed by atoms with van der Waals surface area (Å²) < 4.78 is 5.98. The van der Waals surface area contributed by atoms with Gasteiger partial charge in [0.25, 0.3) is 0 Å². The van der Waals surface area contributed by atoms with Gasteiger partial charge >= 0.3 is 0 Å². The van der Waals surface area contributed by atoms with E-state index in [1.165, 1.54) is 71.2 Å². The predicted octanol–water partition coefficient (Wildman–Crippen LogP) is 4.41. The van der Waals surface area contributed by atoms with E-state index in [9.17, 15) is 0 Å². The summed E-state index contributed by atoms with van der Waals surface area (Å²) in [6, 6.07) is 0.708. The molecule has 1 atom stereocenters. The van der Waals surface area contributed by atoms with Crippen molar-refractivity contribution in [3.8, 4) is 0 Å². The van der Waals surface area contributed by atoms with Crippen LogP contribution in [-0.2, 0) is 4.74 Å². The molecular formula is C21H42N2O. The molecule has 1 aliphatic carbocycles. The topological polar surface area (TPSA) is 15.7 Å². The van der Waals surface area contributed by atoms with Gasteiger partial charge in [0.1, 0.15) is 0 Å². The van der Waals surface area contributed by atoms with Crippen LogP contribution in [-0.4, -0.2) is 60.8 Å². The highest BCUT2D eigenvalue weighted by molar-refractivity contribution is 4.77. The largest absolute Gasteiger partial charge is 0.376 e. The van der Waals surface area contributed by atoms with E-state index in [2.05, 4.69) is 44.4 Å². The molecule has 1 saturated heterocycles. The number of hydrogen-bond donors (Lipinski definition) is 0. The molecule has 0 aromatic heterocycles. The smallest absolute Gasteiger partial charge is 0.0578 e. The van der Waals surface area contributed by atoms with E-state index >= 15 is 0 Å². The van der Waals surface area contributed by atoms with Crippen LogP contribution in [0.5, 0.6) is 0 Å². The summed E-state index contributed by atoms with van der Waals surface area (Å²) >= 11 is 0. The van der Waals surface area contributed by atoms with Crippen LogP contribution < -0.4 is 0 Å².